The van der Waals surface area contributed by atoms with Crippen LogP contribution in [0.3, 0.4) is 0 Å². The quantitative estimate of drug-likeness (QED) is 0.495. The molecule has 2 N–H and O–H groups in total. The number of hydrogen-bond acceptors (Lipinski definition) is 9. The Morgan fingerprint density at radius 3 is 2.82 bits per heavy atom. The van der Waals surface area contributed by atoms with Crippen LogP contribution in [0.4, 0.5) is 23.3 Å². The van der Waals surface area contributed by atoms with Crippen LogP contribution in [0.5, 0.6) is 0 Å². The molecule has 0 radical (unpaired) electrons. The van der Waals surface area contributed by atoms with Gasteiger partial charge in [0.15, 0.2) is 5.65 Å². The summed E-state index contributed by atoms with van der Waals surface area (Å²) in [5, 5.41) is 10.9. The first-order valence-corrected chi connectivity index (χ1v) is 11.0. The summed E-state index contributed by atoms with van der Waals surface area (Å²) < 4.78 is 1.75. The van der Waals surface area contributed by atoms with E-state index >= 15 is 0 Å². The Hall–Kier alpha value is -4.05. The molecule has 0 spiro atoms. The van der Waals surface area contributed by atoms with E-state index in [4.69, 9.17) is 9.97 Å². The van der Waals surface area contributed by atoms with Crippen molar-refractivity contribution < 1.29 is 0 Å². The van der Waals surface area contributed by atoms with E-state index in [1.807, 2.05) is 36.8 Å². The molecule has 2 aliphatic rings. The van der Waals surface area contributed by atoms with Gasteiger partial charge < -0.3 is 20.4 Å². The van der Waals surface area contributed by atoms with Crippen LogP contribution in [0.1, 0.15) is 11.3 Å². The van der Waals surface area contributed by atoms with E-state index in [0.29, 0.717) is 12.5 Å². The average Bonchev–Trinajstić information content (AvgIpc) is 3.32. The lowest BCUT2D eigenvalue weighted by molar-refractivity contribution is 0.312. The number of aromatic nitrogens is 6. The summed E-state index contributed by atoms with van der Waals surface area (Å²) >= 11 is 0. The van der Waals surface area contributed by atoms with E-state index in [1.165, 1.54) is 0 Å². The molecule has 0 amide bonds. The highest BCUT2D eigenvalue weighted by atomic mass is 15.3. The van der Waals surface area contributed by atoms with Crippen molar-refractivity contribution in [3.05, 3.63) is 66.4 Å². The fourth-order valence-corrected chi connectivity index (χ4v) is 4.17. The molecule has 1 fully saturated rings. The normalized spacial score (nSPS) is 16.3. The number of fused-ring (bicyclic) bond motifs is 2. The van der Waals surface area contributed by atoms with Crippen LogP contribution in [0, 0.1) is 0 Å². The van der Waals surface area contributed by atoms with Crippen LogP contribution in [0.15, 0.2) is 55.1 Å². The summed E-state index contributed by atoms with van der Waals surface area (Å²) in [5.41, 5.74) is 4.54. The zero-order valence-electron chi connectivity index (χ0n) is 18.3. The first-order valence-electron chi connectivity index (χ1n) is 11.0. The topological polar surface area (TPSA) is 99.4 Å². The molecule has 0 aromatic carbocycles. The lowest BCUT2D eigenvalue weighted by Gasteiger charge is -2.33. The SMILES string of the molecule is CN1CCN(c2cc(Nc3ncc4c(n3)NCC=C4c3ccn4nccc4n3)ccn2)CC1. The van der Waals surface area contributed by atoms with Crippen LogP contribution in [-0.4, -0.2) is 74.2 Å². The third kappa shape index (κ3) is 3.85. The van der Waals surface area contributed by atoms with E-state index in [1.54, 1.807) is 10.7 Å². The van der Waals surface area contributed by atoms with E-state index < -0.39 is 0 Å². The minimum atomic E-state index is 0.539. The Bertz CT molecular complexity index is 1340. The molecule has 0 atom stereocenters. The van der Waals surface area contributed by atoms with Crippen LogP contribution in [0.25, 0.3) is 11.2 Å². The Morgan fingerprint density at radius 2 is 1.91 bits per heavy atom. The highest BCUT2D eigenvalue weighted by Gasteiger charge is 2.19. The van der Waals surface area contributed by atoms with Crippen molar-refractivity contribution in [1.29, 1.82) is 0 Å². The third-order valence-corrected chi connectivity index (χ3v) is 6.02. The third-order valence-electron chi connectivity index (χ3n) is 6.02. The fourth-order valence-electron chi connectivity index (χ4n) is 4.17. The van der Waals surface area contributed by atoms with Crippen LogP contribution in [0.2, 0.25) is 0 Å². The van der Waals surface area contributed by atoms with Gasteiger partial charge in [-0.25, -0.2) is 19.5 Å². The van der Waals surface area contributed by atoms with Gasteiger partial charge in [-0.2, -0.15) is 10.1 Å². The highest BCUT2D eigenvalue weighted by Crippen LogP contribution is 2.31. The maximum Gasteiger partial charge on any atom is 0.229 e. The summed E-state index contributed by atoms with van der Waals surface area (Å²) in [5.74, 6) is 2.29. The summed E-state index contributed by atoms with van der Waals surface area (Å²) in [7, 11) is 2.15. The van der Waals surface area contributed by atoms with Crippen molar-refractivity contribution in [2.24, 2.45) is 0 Å². The van der Waals surface area contributed by atoms with Crippen molar-refractivity contribution >= 4 is 34.5 Å². The smallest absolute Gasteiger partial charge is 0.229 e. The van der Waals surface area contributed by atoms with Gasteiger partial charge >= 0.3 is 0 Å². The number of hydrogen-bond donors (Lipinski definition) is 2. The van der Waals surface area contributed by atoms with Crippen LogP contribution >= 0.6 is 0 Å². The van der Waals surface area contributed by atoms with Crippen molar-refractivity contribution in [3.8, 4) is 0 Å². The molecule has 10 heteroatoms. The van der Waals surface area contributed by atoms with Gasteiger partial charge in [0.2, 0.25) is 5.95 Å². The molecule has 0 bridgehead atoms. The molecule has 0 aliphatic carbocycles. The second-order valence-electron chi connectivity index (χ2n) is 8.22. The van der Waals surface area contributed by atoms with Gasteiger partial charge in [-0.1, -0.05) is 6.08 Å². The predicted octanol–water partition coefficient (Wildman–Crippen LogP) is 2.27. The molecular weight excluding hydrogens is 416 g/mol. The first kappa shape index (κ1) is 19.6. The molecule has 0 saturated carbocycles. The van der Waals surface area contributed by atoms with Gasteiger partial charge in [-0.05, 0) is 19.2 Å². The van der Waals surface area contributed by atoms with Gasteiger partial charge in [0.05, 0.1) is 11.9 Å². The number of nitrogens with zero attached hydrogens (tertiary/aromatic N) is 8. The van der Waals surface area contributed by atoms with Crippen molar-refractivity contribution in [2.45, 2.75) is 0 Å². The number of likely N-dealkylation sites (N-methyl/N-ethyl adjacent to an activating group) is 1. The molecule has 10 nitrogen and oxygen atoms in total. The molecule has 166 valence electrons. The molecule has 2 aliphatic heterocycles. The summed E-state index contributed by atoms with van der Waals surface area (Å²) in [4.78, 5) is 23.2. The van der Waals surface area contributed by atoms with E-state index in [-0.39, 0.29) is 0 Å². The van der Waals surface area contributed by atoms with E-state index in [0.717, 1.165) is 66.0 Å². The standard InChI is InChI=1S/C23H24N10/c1-31-10-12-32(13-11-31)21-14-16(2-6-24-21)28-23-26-15-18-17(3-7-25-22(18)30-23)19-5-9-33-20(29-19)4-8-27-33/h2-6,8-9,14-15H,7,10-13H2,1H3,(H2,24,25,26,28,30). The van der Waals surface area contributed by atoms with E-state index in [9.17, 15) is 0 Å². The predicted molar refractivity (Wildman–Crippen MR) is 128 cm³/mol. The molecule has 4 aromatic heterocycles. The first-order chi connectivity index (χ1) is 16.2. The number of pyridine rings is 1. The Kier molecular flexibility index (Phi) is 4.84. The highest BCUT2D eigenvalue weighted by molar-refractivity contribution is 5.86. The van der Waals surface area contributed by atoms with Crippen molar-refractivity contribution in [3.63, 3.8) is 0 Å². The average molecular weight is 441 g/mol. The number of nitrogens with one attached hydrogen (secondary N) is 2. The molecule has 0 unspecified atom stereocenters. The fraction of sp³-hybridized carbons (Fsp3) is 0.261. The largest absolute Gasteiger partial charge is 0.366 e. The second-order valence-corrected chi connectivity index (χ2v) is 8.22. The Labute approximate surface area is 191 Å². The molecular formula is C23H24N10. The van der Waals surface area contributed by atoms with Crippen LogP contribution in [-0.2, 0) is 0 Å². The molecule has 6 heterocycles. The maximum absolute atomic E-state index is 4.73. The number of rotatable bonds is 4. The Morgan fingerprint density at radius 1 is 1.00 bits per heavy atom. The summed E-state index contributed by atoms with van der Waals surface area (Å²) in [6, 6.07) is 7.84. The summed E-state index contributed by atoms with van der Waals surface area (Å²) in [6.07, 6.45) is 9.43. The maximum atomic E-state index is 4.73. The molecule has 6 rings (SSSR count). The van der Waals surface area contributed by atoms with Gasteiger partial charge in [0.1, 0.15) is 11.6 Å². The molecule has 1 saturated heterocycles. The lowest BCUT2D eigenvalue weighted by Crippen LogP contribution is -2.44. The Balaban J connectivity index is 1.24. The van der Waals surface area contributed by atoms with Gasteiger partial charge in [-0.3, -0.25) is 0 Å². The minimum absolute atomic E-state index is 0.539. The number of piperazine rings is 1. The van der Waals surface area contributed by atoms with Gasteiger partial charge in [-0.15, -0.1) is 0 Å². The molecule has 33 heavy (non-hydrogen) atoms. The van der Waals surface area contributed by atoms with Crippen molar-refractivity contribution in [1.82, 2.24) is 34.4 Å². The van der Waals surface area contributed by atoms with Gasteiger partial charge in [0, 0.05) is 80.3 Å². The number of anilines is 4. The van der Waals surface area contributed by atoms with Crippen LogP contribution < -0.4 is 15.5 Å². The van der Waals surface area contributed by atoms with Gasteiger partial charge in [0.25, 0.3) is 0 Å². The lowest BCUT2D eigenvalue weighted by atomic mass is 10.0. The molecule has 4 aromatic rings. The van der Waals surface area contributed by atoms with E-state index in [2.05, 4.69) is 54.7 Å². The monoisotopic (exact) mass is 440 g/mol. The minimum Gasteiger partial charge on any atom is -0.366 e. The zero-order chi connectivity index (χ0) is 22.2. The zero-order valence-corrected chi connectivity index (χ0v) is 18.3. The second kappa shape index (κ2) is 8.14. The summed E-state index contributed by atoms with van der Waals surface area (Å²) in [6.45, 7) is 4.70. The van der Waals surface area contributed by atoms with Crippen molar-refractivity contribution in [2.75, 3.05) is 55.3 Å².